The Hall–Kier alpha value is -3.07. The van der Waals surface area contributed by atoms with Crippen molar-refractivity contribution < 1.29 is 22.7 Å². The number of anilines is 1. The van der Waals surface area contributed by atoms with Crippen molar-refractivity contribution in [1.82, 2.24) is 4.90 Å². The van der Waals surface area contributed by atoms with Crippen molar-refractivity contribution in [3.63, 3.8) is 0 Å². The molecule has 0 bridgehead atoms. The average molecular weight is 417 g/mol. The Morgan fingerprint density at radius 1 is 1.17 bits per heavy atom. The fourth-order valence-electron chi connectivity index (χ4n) is 3.25. The van der Waals surface area contributed by atoms with Crippen molar-refractivity contribution in [2.75, 3.05) is 24.9 Å². The molecule has 0 spiro atoms. The predicted molar refractivity (Wildman–Crippen MR) is 108 cm³/mol. The second-order valence-electron chi connectivity index (χ2n) is 6.85. The third kappa shape index (κ3) is 4.86. The summed E-state index contributed by atoms with van der Waals surface area (Å²) in [6.45, 7) is 0.749. The molecule has 0 aromatic heterocycles. The summed E-state index contributed by atoms with van der Waals surface area (Å²) in [4.78, 5) is 25.8. The average Bonchev–Trinajstić information content (AvgIpc) is 2.73. The van der Waals surface area contributed by atoms with Gasteiger partial charge in [0.05, 0.1) is 17.9 Å². The molecule has 1 aliphatic heterocycles. The number of benzene rings is 2. The summed E-state index contributed by atoms with van der Waals surface area (Å²) >= 11 is 0. The van der Waals surface area contributed by atoms with Crippen molar-refractivity contribution >= 4 is 27.5 Å². The van der Waals surface area contributed by atoms with Crippen molar-refractivity contribution in [2.24, 2.45) is 11.7 Å². The number of nitrogens with two attached hydrogens (primary N) is 1. The first kappa shape index (κ1) is 20.7. The van der Waals surface area contributed by atoms with E-state index in [2.05, 4.69) is 4.72 Å². The predicted octanol–water partition coefficient (Wildman–Crippen LogP) is 1.83. The van der Waals surface area contributed by atoms with Gasteiger partial charge in [0, 0.05) is 24.3 Å². The molecule has 1 fully saturated rings. The number of hydrogen-bond donors (Lipinski definition) is 2. The molecular formula is C20H23N3O5S. The minimum absolute atomic E-state index is 0.0253. The van der Waals surface area contributed by atoms with Crippen LogP contribution in [0.15, 0.2) is 53.4 Å². The van der Waals surface area contributed by atoms with Crippen LogP contribution in [0.4, 0.5) is 5.69 Å². The molecule has 9 heteroatoms. The zero-order chi connectivity index (χ0) is 21.0. The minimum Gasteiger partial charge on any atom is -0.497 e. The molecule has 29 heavy (non-hydrogen) atoms. The molecule has 154 valence electrons. The van der Waals surface area contributed by atoms with Crippen LogP contribution in [0.3, 0.4) is 0 Å². The summed E-state index contributed by atoms with van der Waals surface area (Å²) in [6.07, 6.45) is 1.33. The molecule has 3 N–H and O–H groups in total. The monoisotopic (exact) mass is 417 g/mol. The standard InChI is InChI=1S/C20H23N3O5S/c1-28-17-9-7-16(8-10-17)22-29(26,27)18-6-2-4-14(12-18)20(25)23-11-3-5-15(13-23)19(21)24/h2,4,6-10,12,15,22H,3,5,11,13H2,1H3,(H2,21,24). The highest BCUT2D eigenvalue weighted by atomic mass is 32.2. The Kier molecular flexibility index (Phi) is 6.07. The van der Waals surface area contributed by atoms with Gasteiger partial charge >= 0.3 is 0 Å². The maximum Gasteiger partial charge on any atom is 0.261 e. The SMILES string of the molecule is COc1ccc(NS(=O)(=O)c2cccc(C(=O)N3CCCC(C(N)=O)C3)c2)cc1. The van der Waals surface area contributed by atoms with E-state index < -0.39 is 15.9 Å². The number of nitrogens with zero attached hydrogens (tertiary/aromatic N) is 1. The molecule has 1 unspecified atom stereocenters. The number of ether oxygens (including phenoxy) is 1. The van der Waals surface area contributed by atoms with Crippen molar-refractivity contribution in [3.8, 4) is 5.75 Å². The molecule has 1 aliphatic rings. The number of piperidine rings is 1. The summed E-state index contributed by atoms with van der Waals surface area (Å²) in [5, 5.41) is 0. The number of primary amides is 1. The summed E-state index contributed by atoms with van der Waals surface area (Å²) in [7, 11) is -2.36. The molecule has 8 nitrogen and oxygen atoms in total. The number of carbonyl (C=O) groups excluding carboxylic acids is 2. The molecular weight excluding hydrogens is 394 g/mol. The van der Waals surface area contributed by atoms with E-state index in [0.29, 0.717) is 30.8 Å². The highest BCUT2D eigenvalue weighted by molar-refractivity contribution is 7.92. The van der Waals surface area contributed by atoms with E-state index in [4.69, 9.17) is 10.5 Å². The van der Waals surface area contributed by atoms with Crippen molar-refractivity contribution in [2.45, 2.75) is 17.7 Å². The lowest BCUT2D eigenvalue weighted by molar-refractivity contribution is -0.123. The second-order valence-corrected chi connectivity index (χ2v) is 8.54. The quantitative estimate of drug-likeness (QED) is 0.743. The molecule has 0 aliphatic carbocycles. The Balaban J connectivity index is 1.78. The lowest BCUT2D eigenvalue weighted by atomic mass is 9.97. The topological polar surface area (TPSA) is 119 Å². The van der Waals surface area contributed by atoms with E-state index >= 15 is 0 Å². The Bertz CT molecular complexity index is 1010. The normalized spacial score (nSPS) is 16.9. The van der Waals surface area contributed by atoms with Crippen molar-refractivity contribution in [1.29, 1.82) is 0 Å². The van der Waals surface area contributed by atoms with Crippen LogP contribution in [0.25, 0.3) is 0 Å². The third-order valence-corrected chi connectivity index (χ3v) is 6.22. The number of likely N-dealkylation sites (tertiary alicyclic amines) is 1. The Morgan fingerprint density at radius 2 is 1.90 bits per heavy atom. The number of carbonyl (C=O) groups is 2. The van der Waals surface area contributed by atoms with Crippen LogP contribution in [0.1, 0.15) is 23.2 Å². The van der Waals surface area contributed by atoms with Gasteiger partial charge in [-0.1, -0.05) is 6.07 Å². The first-order chi connectivity index (χ1) is 13.8. The zero-order valence-electron chi connectivity index (χ0n) is 16.0. The van der Waals surface area contributed by atoms with Gasteiger partial charge in [-0.25, -0.2) is 8.42 Å². The van der Waals surface area contributed by atoms with Gasteiger partial charge in [0.15, 0.2) is 0 Å². The van der Waals surface area contributed by atoms with Crippen LogP contribution in [0.2, 0.25) is 0 Å². The molecule has 2 aromatic carbocycles. The molecule has 2 amide bonds. The first-order valence-corrected chi connectivity index (χ1v) is 10.6. The molecule has 1 atom stereocenters. The van der Waals surface area contributed by atoms with E-state index in [1.54, 1.807) is 35.2 Å². The molecule has 2 aromatic rings. The number of nitrogens with one attached hydrogen (secondary N) is 1. The number of sulfonamides is 1. The van der Waals surface area contributed by atoms with E-state index in [1.807, 2.05) is 0 Å². The van der Waals surface area contributed by atoms with Crippen LogP contribution in [-0.2, 0) is 14.8 Å². The van der Waals surface area contributed by atoms with Crippen LogP contribution >= 0.6 is 0 Å². The van der Waals surface area contributed by atoms with Gasteiger partial charge in [0.2, 0.25) is 5.91 Å². The van der Waals surface area contributed by atoms with Gasteiger partial charge in [-0.2, -0.15) is 0 Å². The smallest absolute Gasteiger partial charge is 0.261 e. The van der Waals surface area contributed by atoms with Gasteiger partial charge in [-0.15, -0.1) is 0 Å². The second kappa shape index (κ2) is 8.52. The zero-order valence-corrected chi connectivity index (χ0v) is 16.8. The number of hydrogen-bond acceptors (Lipinski definition) is 5. The van der Waals surface area contributed by atoms with E-state index in [9.17, 15) is 18.0 Å². The molecule has 1 heterocycles. The Labute approximate surface area is 169 Å². The van der Waals surface area contributed by atoms with Crippen molar-refractivity contribution in [3.05, 3.63) is 54.1 Å². The van der Waals surface area contributed by atoms with Gasteiger partial charge in [-0.3, -0.25) is 14.3 Å². The molecule has 0 saturated carbocycles. The number of amides is 2. The number of methoxy groups -OCH3 is 1. The summed E-state index contributed by atoms with van der Waals surface area (Å²) in [6, 6.07) is 12.3. The fourth-order valence-corrected chi connectivity index (χ4v) is 4.35. The lowest BCUT2D eigenvalue weighted by Crippen LogP contribution is -2.44. The van der Waals surface area contributed by atoms with E-state index in [1.165, 1.54) is 25.3 Å². The van der Waals surface area contributed by atoms with E-state index in [-0.39, 0.29) is 28.8 Å². The maximum absolute atomic E-state index is 12.8. The maximum atomic E-state index is 12.8. The van der Waals surface area contributed by atoms with Gasteiger partial charge in [0.1, 0.15) is 5.75 Å². The van der Waals surface area contributed by atoms with Crippen LogP contribution < -0.4 is 15.2 Å². The highest BCUT2D eigenvalue weighted by Gasteiger charge is 2.28. The van der Waals surface area contributed by atoms with Crippen LogP contribution in [0, 0.1) is 5.92 Å². The van der Waals surface area contributed by atoms with E-state index in [0.717, 1.165) is 0 Å². The highest BCUT2D eigenvalue weighted by Crippen LogP contribution is 2.22. The minimum atomic E-state index is -3.88. The molecule has 1 saturated heterocycles. The van der Waals surface area contributed by atoms with Crippen LogP contribution in [0.5, 0.6) is 5.75 Å². The summed E-state index contributed by atoms with van der Waals surface area (Å²) in [5.41, 5.74) is 5.99. The largest absolute Gasteiger partial charge is 0.497 e. The fraction of sp³-hybridized carbons (Fsp3) is 0.300. The van der Waals surface area contributed by atoms with Gasteiger partial charge in [-0.05, 0) is 55.3 Å². The molecule has 0 radical (unpaired) electrons. The van der Waals surface area contributed by atoms with Crippen LogP contribution in [-0.4, -0.2) is 45.3 Å². The summed E-state index contributed by atoms with van der Waals surface area (Å²) < 4.78 is 33.0. The molecule has 3 rings (SSSR count). The Morgan fingerprint density at radius 3 is 2.55 bits per heavy atom. The first-order valence-electron chi connectivity index (χ1n) is 9.15. The number of rotatable bonds is 6. The van der Waals surface area contributed by atoms with Gasteiger partial charge in [0.25, 0.3) is 15.9 Å². The third-order valence-electron chi connectivity index (χ3n) is 4.84. The lowest BCUT2D eigenvalue weighted by Gasteiger charge is -2.31. The summed E-state index contributed by atoms with van der Waals surface area (Å²) in [5.74, 6) is -0.521. The van der Waals surface area contributed by atoms with Gasteiger partial charge < -0.3 is 15.4 Å².